The summed E-state index contributed by atoms with van der Waals surface area (Å²) in [6.07, 6.45) is 6.71. The number of nitrogens with one attached hydrogen (secondary N) is 1. The van der Waals surface area contributed by atoms with Gasteiger partial charge in [-0.2, -0.15) is 0 Å². The minimum atomic E-state index is 0.0564. The second-order valence-electron chi connectivity index (χ2n) is 5.64. The van der Waals surface area contributed by atoms with Gasteiger partial charge in [0.15, 0.2) is 0 Å². The van der Waals surface area contributed by atoms with Crippen molar-refractivity contribution in [3.63, 3.8) is 0 Å². The average Bonchev–Trinajstić information content (AvgIpc) is 2.62. The Labute approximate surface area is 136 Å². The molecule has 1 saturated heterocycles. The number of para-hydroxylation sites is 2. The van der Waals surface area contributed by atoms with E-state index in [9.17, 15) is 4.79 Å². The first-order chi connectivity index (χ1) is 11.3. The van der Waals surface area contributed by atoms with E-state index < -0.39 is 0 Å². The SMILES string of the molecule is COc1ccccc1Nc1cncc(C(=O)N2CCCCC2)c1. The minimum Gasteiger partial charge on any atom is -0.495 e. The summed E-state index contributed by atoms with van der Waals surface area (Å²) >= 11 is 0. The first-order valence-electron chi connectivity index (χ1n) is 7.92. The normalized spacial score (nSPS) is 14.4. The highest BCUT2D eigenvalue weighted by Gasteiger charge is 2.18. The van der Waals surface area contributed by atoms with Crippen molar-refractivity contribution in [1.29, 1.82) is 0 Å². The highest BCUT2D eigenvalue weighted by Crippen LogP contribution is 2.27. The van der Waals surface area contributed by atoms with Gasteiger partial charge in [0.05, 0.1) is 30.2 Å². The predicted molar refractivity (Wildman–Crippen MR) is 90.3 cm³/mol. The molecule has 1 fully saturated rings. The molecule has 0 saturated carbocycles. The molecule has 0 unspecified atom stereocenters. The van der Waals surface area contributed by atoms with Gasteiger partial charge in [-0.25, -0.2) is 0 Å². The van der Waals surface area contributed by atoms with Gasteiger partial charge in [-0.15, -0.1) is 0 Å². The zero-order chi connectivity index (χ0) is 16.1. The summed E-state index contributed by atoms with van der Waals surface area (Å²) in [7, 11) is 1.63. The van der Waals surface area contributed by atoms with E-state index in [-0.39, 0.29) is 5.91 Å². The van der Waals surface area contributed by atoms with Crippen LogP contribution >= 0.6 is 0 Å². The van der Waals surface area contributed by atoms with Crippen molar-refractivity contribution in [1.82, 2.24) is 9.88 Å². The van der Waals surface area contributed by atoms with Crippen molar-refractivity contribution >= 4 is 17.3 Å². The van der Waals surface area contributed by atoms with Gasteiger partial charge in [0, 0.05) is 19.3 Å². The summed E-state index contributed by atoms with van der Waals surface area (Å²) in [4.78, 5) is 18.7. The van der Waals surface area contributed by atoms with Crippen LogP contribution in [-0.4, -0.2) is 36.0 Å². The third kappa shape index (κ3) is 3.62. The number of carbonyl (C=O) groups excluding carboxylic acids is 1. The molecule has 3 rings (SSSR count). The lowest BCUT2D eigenvalue weighted by molar-refractivity contribution is 0.0724. The second-order valence-corrected chi connectivity index (χ2v) is 5.64. The second kappa shape index (κ2) is 7.13. The monoisotopic (exact) mass is 311 g/mol. The maximum atomic E-state index is 12.6. The Morgan fingerprint density at radius 3 is 2.74 bits per heavy atom. The summed E-state index contributed by atoms with van der Waals surface area (Å²) in [6.45, 7) is 1.67. The Hall–Kier alpha value is -2.56. The Morgan fingerprint density at radius 1 is 1.17 bits per heavy atom. The molecule has 1 N–H and O–H groups in total. The van der Waals surface area contributed by atoms with Gasteiger partial charge in [0.2, 0.25) is 0 Å². The van der Waals surface area contributed by atoms with Crippen LogP contribution in [-0.2, 0) is 0 Å². The van der Waals surface area contributed by atoms with Crippen LogP contribution in [0.4, 0.5) is 11.4 Å². The van der Waals surface area contributed by atoms with Crippen LogP contribution < -0.4 is 10.1 Å². The molecule has 0 atom stereocenters. The van der Waals surface area contributed by atoms with E-state index in [1.54, 1.807) is 19.5 Å². The molecule has 0 radical (unpaired) electrons. The van der Waals surface area contributed by atoms with E-state index in [1.807, 2.05) is 35.2 Å². The minimum absolute atomic E-state index is 0.0564. The summed E-state index contributed by atoms with van der Waals surface area (Å²) in [5.41, 5.74) is 2.24. The molecule has 1 aliphatic heterocycles. The molecular weight excluding hydrogens is 290 g/mol. The molecule has 23 heavy (non-hydrogen) atoms. The smallest absolute Gasteiger partial charge is 0.255 e. The molecule has 1 aromatic carbocycles. The van der Waals surface area contributed by atoms with Gasteiger partial charge in [-0.1, -0.05) is 12.1 Å². The van der Waals surface area contributed by atoms with Crippen LogP contribution in [0.15, 0.2) is 42.7 Å². The largest absolute Gasteiger partial charge is 0.495 e. The van der Waals surface area contributed by atoms with Gasteiger partial charge in [0.25, 0.3) is 5.91 Å². The van der Waals surface area contributed by atoms with E-state index in [1.165, 1.54) is 6.42 Å². The van der Waals surface area contributed by atoms with E-state index in [2.05, 4.69) is 10.3 Å². The Kier molecular flexibility index (Phi) is 4.76. The number of likely N-dealkylation sites (tertiary alicyclic amines) is 1. The number of hydrogen-bond donors (Lipinski definition) is 1. The quantitative estimate of drug-likeness (QED) is 0.939. The molecule has 5 heteroatoms. The molecule has 0 aliphatic carbocycles. The van der Waals surface area contributed by atoms with E-state index in [0.29, 0.717) is 5.56 Å². The van der Waals surface area contributed by atoms with E-state index >= 15 is 0 Å². The van der Waals surface area contributed by atoms with Crippen LogP contribution in [0.3, 0.4) is 0 Å². The number of benzene rings is 1. The van der Waals surface area contributed by atoms with Crippen molar-refractivity contribution in [2.45, 2.75) is 19.3 Å². The van der Waals surface area contributed by atoms with Gasteiger partial charge >= 0.3 is 0 Å². The van der Waals surface area contributed by atoms with Crippen molar-refractivity contribution in [2.75, 3.05) is 25.5 Å². The number of amides is 1. The summed E-state index contributed by atoms with van der Waals surface area (Å²) in [6, 6.07) is 9.51. The highest BCUT2D eigenvalue weighted by atomic mass is 16.5. The molecule has 0 spiro atoms. The number of methoxy groups -OCH3 is 1. The number of ether oxygens (including phenoxy) is 1. The fourth-order valence-electron chi connectivity index (χ4n) is 2.81. The first-order valence-corrected chi connectivity index (χ1v) is 7.92. The molecule has 0 bridgehead atoms. The molecule has 120 valence electrons. The Balaban J connectivity index is 1.78. The van der Waals surface area contributed by atoms with Crippen LogP contribution in [0.25, 0.3) is 0 Å². The number of pyridine rings is 1. The molecule has 1 amide bonds. The standard InChI is InChI=1S/C18H21N3O2/c1-23-17-8-4-3-7-16(17)20-15-11-14(12-19-13-15)18(22)21-9-5-2-6-10-21/h3-4,7-8,11-13,20H,2,5-6,9-10H2,1H3. The number of aromatic nitrogens is 1. The van der Waals surface area contributed by atoms with Crippen molar-refractivity contribution in [2.24, 2.45) is 0 Å². The van der Waals surface area contributed by atoms with Gasteiger partial charge in [-0.05, 0) is 37.5 Å². The number of carbonyl (C=O) groups is 1. The fraction of sp³-hybridized carbons (Fsp3) is 0.333. The van der Waals surface area contributed by atoms with Gasteiger partial charge in [0.1, 0.15) is 5.75 Å². The lowest BCUT2D eigenvalue weighted by atomic mass is 10.1. The zero-order valence-electron chi connectivity index (χ0n) is 13.3. The molecular formula is C18H21N3O2. The number of hydrogen-bond acceptors (Lipinski definition) is 4. The molecule has 1 aliphatic rings. The average molecular weight is 311 g/mol. The van der Waals surface area contributed by atoms with Crippen molar-refractivity contribution < 1.29 is 9.53 Å². The third-order valence-electron chi connectivity index (χ3n) is 4.01. The zero-order valence-corrected chi connectivity index (χ0v) is 13.3. The summed E-state index contributed by atoms with van der Waals surface area (Å²) in [5, 5.41) is 3.26. The summed E-state index contributed by atoms with van der Waals surface area (Å²) < 4.78 is 5.33. The van der Waals surface area contributed by atoms with E-state index in [4.69, 9.17) is 4.74 Å². The van der Waals surface area contributed by atoms with Crippen molar-refractivity contribution in [3.05, 3.63) is 48.3 Å². The highest BCUT2D eigenvalue weighted by molar-refractivity contribution is 5.95. The van der Waals surface area contributed by atoms with Gasteiger partial charge in [-0.3, -0.25) is 9.78 Å². The Morgan fingerprint density at radius 2 is 1.96 bits per heavy atom. The molecule has 1 aromatic heterocycles. The van der Waals surface area contributed by atoms with Crippen LogP contribution in [0.2, 0.25) is 0 Å². The fourth-order valence-corrected chi connectivity index (χ4v) is 2.81. The first kappa shape index (κ1) is 15.3. The van der Waals surface area contributed by atoms with E-state index in [0.717, 1.165) is 43.1 Å². The summed E-state index contributed by atoms with van der Waals surface area (Å²) in [5.74, 6) is 0.807. The van der Waals surface area contributed by atoms with Crippen LogP contribution in [0, 0.1) is 0 Å². The topological polar surface area (TPSA) is 54.5 Å². The molecule has 2 heterocycles. The Bertz CT molecular complexity index is 681. The maximum absolute atomic E-state index is 12.6. The van der Waals surface area contributed by atoms with Crippen LogP contribution in [0.5, 0.6) is 5.75 Å². The maximum Gasteiger partial charge on any atom is 0.255 e. The number of piperidine rings is 1. The van der Waals surface area contributed by atoms with Gasteiger partial charge < -0.3 is 15.0 Å². The third-order valence-corrected chi connectivity index (χ3v) is 4.01. The molecule has 2 aromatic rings. The molecule has 5 nitrogen and oxygen atoms in total. The van der Waals surface area contributed by atoms with Crippen LogP contribution in [0.1, 0.15) is 29.6 Å². The number of anilines is 2. The number of nitrogens with zero attached hydrogens (tertiary/aromatic N) is 2. The lowest BCUT2D eigenvalue weighted by Gasteiger charge is -2.26. The predicted octanol–water partition coefficient (Wildman–Crippen LogP) is 3.46. The number of rotatable bonds is 4. The lowest BCUT2D eigenvalue weighted by Crippen LogP contribution is -2.35. The van der Waals surface area contributed by atoms with Crippen molar-refractivity contribution in [3.8, 4) is 5.75 Å².